The van der Waals surface area contributed by atoms with Gasteiger partial charge in [0.15, 0.2) is 0 Å². The molecule has 0 spiro atoms. The molecular formula is C11H13FN4O2. The normalized spacial score (nSPS) is 12.6. The number of primary amides is 1. The Morgan fingerprint density at radius 2 is 2.33 bits per heavy atom. The van der Waals surface area contributed by atoms with Gasteiger partial charge in [-0.05, 0) is 25.5 Å². The Morgan fingerprint density at radius 1 is 1.61 bits per heavy atom. The van der Waals surface area contributed by atoms with E-state index in [9.17, 15) is 9.18 Å². The molecule has 2 aromatic heterocycles. The molecular weight excluding hydrogens is 239 g/mol. The first-order valence-electron chi connectivity index (χ1n) is 5.54. The molecule has 7 heteroatoms. The molecule has 0 fully saturated rings. The van der Waals surface area contributed by atoms with E-state index in [1.54, 1.807) is 0 Å². The lowest BCUT2D eigenvalue weighted by molar-refractivity contribution is 0.0986. The number of hydrogen-bond acceptors (Lipinski definition) is 4. The fourth-order valence-corrected chi connectivity index (χ4v) is 1.40. The van der Waals surface area contributed by atoms with Crippen molar-refractivity contribution in [3.05, 3.63) is 23.9 Å². The molecule has 96 valence electrons. The summed E-state index contributed by atoms with van der Waals surface area (Å²) in [6.45, 7) is 3.79. The monoisotopic (exact) mass is 252 g/mol. The van der Waals surface area contributed by atoms with E-state index in [0.29, 0.717) is 5.52 Å². The number of ether oxygens (including phenoxy) is 1. The molecule has 0 saturated carbocycles. The van der Waals surface area contributed by atoms with Crippen LogP contribution < -0.4 is 10.5 Å². The Balaban J connectivity index is 2.58. The fourth-order valence-electron chi connectivity index (χ4n) is 1.40. The molecule has 0 radical (unpaired) electrons. The van der Waals surface area contributed by atoms with Crippen LogP contribution in [-0.4, -0.2) is 26.6 Å². The van der Waals surface area contributed by atoms with Crippen LogP contribution in [0.3, 0.4) is 0 Å². The highest BCUT2D eigenvalue weighted by molar-refractivity contribution is 5.89. The van der Waals surface area contributed by atoms with Gasteiger partial charge in [0.25, 0.3) is 5.91 Å². The van der Waals surface area contributed by atoms with Crippen LogP contribution in [0.4, 0.5) is 4.39 Å². The summed E-state index contributed by atoms with van der Waals surface area (Å²) in [5.41, 5.74) is 5.46. The van der Waals surface area contributed by atoms with Gasteiger partial charge in [0.05, 0.1) is 6.10 Å². The van der Waals surface area contributed by atoms with Gasteiger partial charge in [-0.25, -0.2) is 0 Å². The second-order valence-corrected chi connectivity index (χ2v) is 3.89. The maximum atomic E-state index is 13.5. The van der Waals surface area contributed by atoms with Crippen molar-refractivity contribution < 1.29 is 13.9 Å². The van der Waals surface area contributed by atoms with Crippen molar-refractivity contribution >= 4 is 11.4 Å². The molecule has 1 atom stereocenters. The maximum Gasteiger partial charge on any atom is 0.288 e. The SMILES string of the molecule is CCC(C)Oc1nc(C(N)=O)nn2c(F)ccc12. The zero-order valence-electron chi connectivity index (χ0n) is 10.1. The lowest BCUT2D eigenvalue weighted by Gasteiger charge is -2.12. The Labute approximate surface area is 103 Å². The molecule has 2 aromatic rings. The Morgan fingerprint density at radius 3 is 2.94 bits per heavy atom. The van der Waals surface area contributed by atoms with Crippen LogP contribution in [0.15, 0.2) is 12.1 Å². The van der Waals surface area contributed by atoms with Crippen molar-refractivity contribution in [2.75, 3.05) is 0 Å². The van der Waals surface area contributed by atoms with Crippen LogP contribution in [0.1, 0.15) is 30.9 Å². The number of halogens is 1. The molecule has 0 aromatic carbocycles. The lowest BCUT2D eigenvalue weighted by atomic mass is 10.3. The summed E-state index contributed by atoms with van der Waals surface area (Å²) < 4.78 is 19.9. The molecule has 0 bridgehead atoms. The third kappa shape index (κ3) is 2.11. The molecule has 0 aliphatic carbocycles. The highest BCUT2D eigenvalue weighted by atomic mass is 19.1. The predicted molar refractivity (Wildman–Crippen MR) is 61.8 cm³/mol. The van der Waals surface area contributed by atoms with Crippen LogP contribution in [0.25, 0.3) is 5.52 Å². The van der Waals surface area contributed by atoms with Gasteiger partial charge in [0.2, 0.25) is 17.7 Å². The smallest absolute Gasteiger partial charge is 0.288 e. The summed E-state index contributed by atoms with van der Waals surface area (Å²) in [5, 5.41) is 3.70. The molecule has 0 aliphatic rings. The number of aromatic nitrogens is 3. The van der Waals surface area contributed by atoms with Gasteiger partial charge in [-0.15, -0.1) is 5.10 Å². The Hall–Kier alpha value is -2.18. The lowest BCUT2D eigenvalue weighted by Crippen LogP contribution is -2.20. The van der Waals surface area contributed by atoms with E-state index < -0.39 is 11.9 Å². The zero-order chi connectivity index (χ0) is 13.3. The average Bonchev–Trinajstić information content (AvgIpc) is 2.71. The number of rotatable bonds is 4. The van der Waals surface area contributed by atoms with Crippen LogP contribution in [-0.2, 0) is 0 Å². The van der Waals surface area contributed by atoms with Gasteiger partial charge in [-0.3, -0.25) is 4.79 Å². The molecule has 2 rings (SSSR count). The number of fused-ring (bicyclic) bond motifs is 1. The molecule has 2 N–H and O–H groups in total. The molecule has 18 heavy (non-hydrogen) atoms. The first-order chi connectivity index (χ1) is 8.52. The predicted octanol–water partition coefficient (Wildman–Crippen LogP) is 1.14. The van der Waals surface area contributed by atoms with Crippen molar-refractivity contribution in [2.45, 2.75) is 26.4 Å². The number of nitrogens with two attached hydrogens (primary N) is 1. The van der Waals surface area contributed by atoms with Gasteiger partial charge in [-0.2, -0.15) is 13.9 Å². The summed E-state index contributed by atoms with van der Waals surface area (Å²) in [6.07, 6.45) is 0.646. The van der Waals surface area contributed by atoms with E-state index in [0.717, 1.165) is 10.9 Å². The topological polar surface area (TPSA) is 82.5 Å². The van der Waals surface area contributed by atoms with Gasteiger partial charge >= 0.3 is 0 Å². The van der Waals surface area contributed by atoms with Crippen molar-refractivity contribution in [3.8, 4) is 5.88 Å². The fraction of sp³-hybridized carbons (Fsp3) is 0.364. The molecule has 1 amide bonds. The zero-order valence-corrected chi connectivity index (χ0v) is 10.1. The van der Waals surface area contributed by atoms with Gasteiger partial charge in [0.1, 0.15) is 5.52 Å². The van der Waals surface area contributed by atoms with Crippen LogP contribution in [0, 0.1) is 5.95 Å². The maximum absolute atomic E-state index is 13.5. The summed E-state index contributed by atoms with van der Waals surface area (Å²) in [7, 11) is 0. The van der Waals surface area contributed by atoms with Crippen LogP contribution in [0.2, 0.25) is 0 Å². The molecule has 2 heterocycles. The summed E-state index contributed by atoms with van der Waals surface area (Å²) >= 11 is 0. The average molecular weight is 252 g/mol. The van der Waals surface area contributed by atoms with Crippen LogP contribution >= 0.6 is 0 Å². The number of carbonyl (C=O) groups excluding carboxylic acids is 1. The van der Waals surface area contributed by atoms with E-state index in [-0.39, 0.29) is 17.8 Å². The molecule has 0 aliphatic heterocycles. The van der Waals surface area contributed by atoms with Gasteiger partial charge in [-0.1, -0.05) is 6.92 Å². The Bertz CT molecular complexity index is 596. The second kappa shape index (κ2) is 4.59. The minimum absolute atomic E-state index is 0.109. The number of amides is 1. The van der Waals surface area contributed by atoms with E-state index >= 15 is 0 Å². The molecule has 1 unspecified atom stereocenters. The van der Waals surface area contributed by atoms with Gasteiger partial charge < -0.3 is 10.5 Å². The highest BCUT2D eigenvalue weighted by Gasteiger charge is 2.16. The third-order valence-corrected chi connectivity index (χ3v) is 2.54. The quantitative estimate of drug-likeness (QED) is 0.884. The summed E-state index contributed by atoms with van der Waals surface area (Å²) in [6, 6.07) is 2.70. The summed E-state index contributed by atoms with van der Waals surface area (Å²) in [5.74, 6) is -1.57. The number of carbonyl (C=O) groups is 1. The van der Waals surface area contributed by atoms with E-state index in [4.69, 9.17) is 10.5 Å². The van der Waals surface area contributed by atoms with E-state index in [2.05, 4.69) is 10.1 Å². The second-order valence-electron chi connectivity index (χ2n) is 3.89. The minimum atomic E-state index is -0.834. The first-order valence-corrected chi connectivity index (χ1v) is 5.54. The summed E-state index contributed by atoms with van der Waals surface area (Å²) in [4.78, 5) is 15.0. The van der Waals surface area contributed by atoms with Crippen LogP contribution in [0.5, 0.6) is 5.88 Å². The third-order valence-electron chi connectivity index (χ3n) is 2.54. The largest absolute Gasteiger partial charge is 0.473 e. The van der Waals surface area contributed by atoms with Gasteiger partial charge in [0, 0.05) is 0 Å². The first kappa shape index (κ1) is 12.3. The van der Waals surface area contributed by atoms with E-state index in [1.807, 2.05) is 13.8 Å². The van der Waals surface area contributed by atoms with E-state index in [1.165, 1.54) is 12.1 Å². The Kier molecular flexibility index (Phi) is 3.14. The van der Waals surface area contributed by atoms with Crippen molar-refractivity contribution in [1.29, 1.82) is 0 Å². The molecule has 0 saturated heterocycles. The molecule has 6 nitrogen and oxygen atoms in total. The van der Waals surface area contributed by atoms with Crippen molar-refractivity contribution in [2.24, 2.45) is 5.73 Å². The van der Waals surface area contributed by atoms with Crippen molar-refractivity contribution in [1.82, 2.24) is 14.6 Å². The highest BCUT2D eigenvalue weighted by Crippen LogP contribution is 2.20. The number of nitrogens with zero attached hydrogens (tertiary/aromatic N) is 3. The number of hydrogen-bond donors (Lipinski definition) is 1. The van der Waals surface area contributed by atoms with Crippen molar-refractivity contribution in [3.63, 3.8) is 0 Å². The standard InChI is InChI=1S/C11H13FN4O2/c1-3-6(2)18-11-7-4-5-8(12)16(7)15-10(14-11)9(13)17/h4-6H,3H2,1-2H3,(H2,13,17). The minimum Gasteiger partial charge on any atom is -0.473 e.